The van der Waals surface area contributed by atoms with Gasteiger partial charge in [0.05, 0.1) is 44.3 Å². The van der Waals surface area contributed by atoms with Crippen LogP contribution < -0.4 is 19.5 Å². The topological polar surface area (TPSA) is 87.5 Å². The average molecular weight is 478 g/mol. The van der Waals surface area contributed by atoms with Gasteiger partial charge in [-0.05, 0) is 35.7 Å². The Kier molecular flexibility index (Phi) is 7.33. The van der Waals surface area contributed by atoms with Gasteiger partial charge in [-0.25, -0.2) is 9.67 Å². The van der Waals surface area contributed by atoms with Crippen molar-refractivity contribution in [2.75, 3.05) is 21.3 Å². The van der Waals surface area contributed by atoms with E-state index in [2.05, 4.69) is 15.4 Å². The number of pyridine rings is 1. The molecule has 11 heteroatoms. The molecule has 2 heterocycles. The molecule has 1 aromatic carbocycles. The molecule has 0 aliphatic carbocycles. The molecule has 0 atom stereocenters. The fourth-order valence-corrected chi connectivity index (χ4v) is 3.47. The van der Waals surface area contributed by atoms with E-state index in [0.29, 0.717) is 34.1 Å². The minimum Gasteiger partial charge on any atom is -0.493 e. The van der Waals surface area contributed by atoms with E-state index in [1.54, 1.807) is 12.1 Å². The van der Waals surface area contributed by atoms with Crippen molar-refractivity contribution >= 4 is 5.91 Å². The van der Waals surface area contributed by atoms with Crippen LogP contribution in [0.4, 0.5) is 13.2 Å². The minimum absolute atomic E-state index is 0.159. The Labute approximate surface area is 194 Å². The van der Waals surface area contributed by atoms with Gasteiger partial charge >= 0.3 is 6.18 Å². The van der Waals surface area contributed by atoms with Crippen LogP contribution in [0.2, 0.25) is 0 Å². The van der Waals surface area contributed by atoms with Crippen molar-refractivity contribution in [2.24, 2.45) is 0 Å². The predicted octanol–water partition coefficient (Wildman–Crippen LogP) is 4.37. The summed E-state index contributed by atoms with van der Waals surface area (Å²) in [5, 5.41) is 7.04. The quantitative estimate of drug-likeness (QED) is 0.518. The standard InChI is InChI=1S/C23H25F3N4O4/c1-13(2)20-16(12-29-30(20)19-7-6-15(11-27-19)23(24,25)26)22(31)28-10-14-8-17(32-3)21(34-5)18(9-14)33-4/h6-9,11-13H,10H2,1-5H3,(H,28,31). The number of halogens is 3. The van der Waals surface area contributed by atoms with Crippen molar-refractivity contribution in [2.45, 2.75) is 32.5 Å². The average Bonchev–Trinajstić information content (AvgIpc) is 3.27. The minimum atomic E-state index is -4.49. The molecular formula is C23H25F3N4O4. The molecule has 0 radical (unpaired) electrons. The van der Waals surface area contributed by atoms with Crippen molar-refractivity contribution < 1.29 is 32.2 Å². The third-order valence-electron chi connectivity index (χ3n) is 5.07. The maximum absolute atomic E-state index is 13.0. The summed E-state index contributed by atoms with van der Waals surface area (Å²) in [5.41, 5.74) is 0.669. The number of nitrogens with one attached hydrogen (secondary N) is 1. The first-order valence-electron chi connectivity index (χ1n) is 10.3. The van der Waals surface area contributed by atoms with Gasteiger partial charge in [0.1, 0.15) is 0 Å². The normalized spacial score (nSPS) is 11.4. The lowest BCUT2D eigenvalue weighted by Crippen LogP contribution is -2.24. The van der Waals surface area contributed by atoms with Gasteiger partial charge in [0.2, 0.25) is 5.75 Å². The molecule has 2 aromatic heterocycles. The molecule has 3 rings (SSSR count). The van der Waals surface area contributed by atoms with Gasteiger partial charge < -0.3 is 19.5 Å². The van der Waals surface area contributed by atoms with E-state index >= 15 is 0 Å². The van der Waals surface area contributed by atoms with Gasteiger partial charge in [0, 0.05) is 12.7 Å². The Morgan fingerprint density at radius 2 is 1.71 bits per heavy atom. The number of amides is 1. The van der Waals surface area contributed by atoms with E-state index in [4.69, 9.17) is 14.2 Å². The van der Waals surface area contributed by atoms with E-state index in [1.807, 2.05) is 13.8 Å². The number of carbonyl (C=O) groups is 1. The molecule has 8 nitrogen and oxygen atoms in total. The van der Waals surface area contributed by atoms with Crippen molar-refractivity contribution in [3.05, 3.63) is 59.0 Å². The third-order valence-corrected chi connectivity index (χ3v) is 5.07. The molecule has 1 amide bonds. The highest BCUT2D eigenvalue weighted by atomic mass is 19.4. The van der Waals surface area contributed by atoms with Gasteiger partial charge in [0.15, 0.2) is 17.3 Å². The first kappa shape index (κ1) is 24.9. The van der Waals surface area contributed by atoms with Crippen LogP contribution in [0.1, 0.15) is 46.9 Å². The Hall–Kier alpha value is -3.76. The maximum atomic E-state index is 13.0. The largest absolute Gasteiger partial charge is 0.493 e. The number of aromatic nitrogens is 3. The summed E-state index contributed by atoms with van der Waals surface area (Å²) in [6.45, 7) is 3.87. The zero-order chi connectivity index (χ0) is 25.0. The van der Waals surface area contributed by atoms with Crippen LogP contribution in [0, 0.1) is 0 Å². The SMILES string of the molecule is COc1cc(CNC(=O)c2cnn(-c3ccc(C(F)(F)F)cn3)c2C(C)C)cc(OC)c1OC. The number of hydrogen-bond donors (Lipinski definition) is 1. The second kappa shape index (κ2) is 10.0. The number of alkyl halides is 3. The van der Waals surface area contributed by atoms with Crippen LogP contribution >= 0.6 is 0 Å². The van der Waals surface area contributed by atoms with Crippen LogP contribution in [0.15, 0.2) is 36.7 Å². The summed E-state index contributed by atoms with van der Waals surface area (Å²) < 4.78 is 55.9. The summed E-state index contributed by atoms with van der Waals surface area (Å²) in [4.78, 5) is 16.9. The van der Waals surface area contributed by atoms with Crippen LogP contribution in [0.3, 0.4) is 0 Å². The molecule has 0 aliphatic rings. The monoisotopic (exact) mass is 478 g/mol. The Morgan fingerprint density at radius 1 is 1.06 bits per heavy atom. The maximum Gasteiger partial charge on any atom is 0.417 e. The van der Waals surface area contributed by atoms with Gasteiger partial charge in [-0.15, -0.1) is 0 Å². The van der Waals surface area contributed by atoms with E-state index in [9.17, 15) is 18.0 Å². The summed E-state index contributed by atoms with van der Waals surface area (Å²) >= 11 is 0. The number of benzene rings is 1. The molecule has 0 bridgehead atoms. The summed E-state index contributed by atoms with van der Waals surface area (Å²) in [6, 6.07) is 5.60. The lowest BCUT2D eigenvalue weighted by Gasteiger charge is -2.15. The zero-order valence-electron chi connectivity index (χ0n) is 19.4. The molecule has 3 aromatic rings. The first-order chi connectivity index (χ1) is 16.1. The Morgan fingerprint density at radius 3 is 2.18 bits per heavy atom. The van der Waals surface area contributed by atoms with Crippen molar-refractivity contribution in [1.29, 1.82) is 0 Å². The summed E-state index contributed by atoms with van der Waals surface area (Å²) in [5.74, 6) is 0.974. The van der Waals surface area contributed by atoms with Crippen molar-refractivity contribution in [1.82, 2.24) is 20.1 Å². The van der Waals surface area contributed by atoms with E-state index in [-0.39, 0.29) is 18.3 Å². The number of rotatable bonds is 8. The fraction of sp³-hybridized carbons (Fsp3) is 0.348. The fourth-order valence-electron chi connectivity index (χ4n) is 3.47. The molecule has 182 valence electrons. The van der Waals surface area contributed by atoms with Gasteiger partial charge in [-0.1, -0.05) is 13.8 Å². The Balaban J connectivity index is 1.86. The lowest BCUT2D eigenvalue weighted by atomic mass is 10.1. The number of methoxy groups -OCH3 is 3. The van der Waals surface area contributed by atoms with Crippen molar-refractivity contribution in [3.8, 4) is 23.1 Å². The van der Waals surface area contributed by atoms with E-state index < -0.39 is 17.6 Å². The highest BCUT2D eigenvalue weighted by Gasteiger charge is 2.31. The van der Waals surface area contributed by atoms with E-state index in [1.165, 1.54) is 38.3 Å². The van der Waals surface area contributed by atoms with Crippen LogP contribution in [-0.2, 0) is 12.7 Å². The van der Waals surface area contributed by atoms with E-state index in [0.717, 1.165) is 12.3 Å². The Bertz CT molecular complexity index is 1130. The highest BCUT2D eigenvalue weighted by molar-refractivity contribution is 5.95. The molecular weight excluding hydrogens is 453 g/mol. The van der Waals surface area contributed by atoms with Gasteiger partial charge in [-0.3, -0.25) is 4.79 Å². The predicted molar refractivity (Wildman–Crippen MR) is 118 cm³/mol. The number of carbonyl (C=O) groups excluding carboxylic acids is 1. The van der Waals surface area contributed by atoms with Gasteiger partial charge in [-0.2, -0.15) is 18.3 Å². The zero-order valence-corrected chi connectivity index (χ0v) is 19.4. The summed E-state index contributed by atoms with van der Waals surface area (Å²) in [7, 11) is 4.49. The van der Waals surface area contributed by atoms with Gasteiger partial charge in [0.25, 0.3) is 5.91 Å². The molecule has 0 aliphatic heterocycles. The molecule has 0 unspecified atom stereocenters. The molecule has 1 N–H and O–H groups in total. The molecule has 0 spiro atoms. The second-order valence-electron chi connectivity index (χ2n) is 7.63. The molecule has 0 fully saturated rings. The molecule has 34 heavy (non-hydrogen) atoms. The first-order valence-corrected chi connectivity index (χ1v) is 10.3. The highest BCUT2D eigenvalue weighted by Crippen LogP contribution is 2.38. The van der Waals surface area contributed by atoms with Crippen LogP contribution in [0.5, 0.6) is 17.2 Å². The summed E-state index contributed by atoms with van der Waals surface area (Å²) in [6.07, 6.45) is -2.38. The molecule has 0 saturated carbocycles. The van der Waals surface area contributed by atoms with Crippen molar-refractivity contribution in [3.63, 3.8) is 0 Å². The number of ether oxygens (including phenoxy) is 3. The molecule has 0 saturated heterocycles. The van der Waals surface area contributed by atoms with Crippen LogP contribution in [-0.4, -0.2) is 42.0 Å². The number of hydrogen-bond acceptors (Lipinski definition) is 6. The third kappa shape index (κ3) is 5.08. The second-order valence-corrected chi connectivity index (χ2v) is 7.63. The lowest BCUT2D eigenvalue weighted by molar-refractivity contribution is -0.137. The smallest absolute Gasteiger partial charge is 0.417 e. The van der Waals surface area contributed by atoms with Crippen LogP contribution in [0.25, 0.3) is 5.82 Å². The number of nitrogens with zero attached hydrogens (tertiary/aromatic N) is 3.